The van der Waals surface area contributed by atoms with Gasteiger partial charge in [0.15, 0.2) is 9.84 Å². The lowest BCUT2D eigenvalue weighted by Gasteiger charge is -2.13. The number of amides is 1. The van der Waals surface area contributed by atoms with Crippen LogP contribution in [0.25, 0.3) is 0 Å². The van der Waals surface area contributed by atoms with Crippen LogP contribution in [0.3, 0.4) is 0 Å². The quantitative estimate of drug-likeness (QED) is 0.666. The van der Waals surface area contributed by atoms with Crippen molar-refractivity contribution in [1.29, 1.82) is 0 Å². The maximum atomic E-state index is 11.3. The minimum absolute atomic E-state index is 0.114. The van der Waals surface area contributed by atoms with Crippen molar-refractivity contribution in [3.63, 3.8) is 0 Å². The van der Waals surface area contributed by atoms with Gasteiger partial charge in [-0.15, -0.1) is 0 Å². The summed E-state index contributed by atoms with van der Waals surface area (Å²) in [5, 5.41) is 3.08. The maximum Gasteiger partial charge on any atom is 0.250 e. The van der Waals surface area contributed by atoms with Gasteiger partial charge in [-0.2, -0.15) is 0 Å². The van der Waals surface area contributed by atoms with Gasteiger partial charge in [0.25, 0.3) is 5.91 Å². The predicted molar refractivity (Wildman–Crippen MR) is 70.1 cm³/mol. The molecule has 1 amide bonds. The van der Waals surface area contributed by atoms with Gasteiger partial charge in [0.2, 0.25) is 0 Å². The molecule has 18 heavy (non-hydrogen) atoms. The molecule has 1 heterocycles. The summed E-state index contributed by atoms with van der Waals surface area (Å²) >= 11 is 0. The van der Waals surface area contributed by atoms with Crippen LogP contribution in [0.1, 0.15) is 16.8 Å². The molecule has 0 radical (unpaired) electrons. The van der Waals surface area contributed by atoms with Crippen LogP contribution in [0.5, 0.6) is 0 Å². The highest BCUT2D eigenvalue weighted by Gasteiger charge is 2.27. The van der Waals surface area contributed by atoms with Crippen molar-refractivity contribution in [3.05, 3.63) is 23.8 Å². The smallest absolute Gasteiger partial charge is 0.250 e. The molecular formula is C11H15N3O3S. The van der Waals surface area contributed by atoms with Gasteiger partial charge in [-0.1, -0.05) is 0 Å². The van der Waals surface area contributed by atoms with E-state index in [1.54, 1.807) is 18.2 Å². The van der Waals surface area contributed by atoms with Crippen LogP contribution in [-0.4, -0.2) is 31.9 Å². The number of hydrogen-bond acceptors (Lipinski definition) is 5. The van der Waals surface area contributed by atoms with E-state index in [1.165, 1.54) is 0 Å². The molecule has 1 aliphatic rings. The van der Waals surface area contributed by atoms with Crippen LogP contribution < -0.4 is 16.8 Å². The fourth-order valence-corrected chi connectivity index (χ4v) is 3.68. The summed E-state index contributed by atoms with van der Waals surface area (Å²) in [6, 6.07) is 4.70. The number of carbonyl (C=O) groups is 1. The molecule has 0 spiro atoms. The van der Waals surface area contributed by atoms with Gasteiger partial charge in [0.05, 0.1) is 17.1 Å². The van der Waals surface area contributed by atoms with Crippen LogP contribution in [0, 0.1) is 0 Å². The topological polar surface area (TPSA) is 115 Å². The Kier molecular flexibility index (Phi) is 3.16. The average Bonchev–Trinajstić information content (AvgIpc) is 2.60. The molecule has 1 aliphatic heterocycles. The average molecular weight is 269 g/mol. The van der Waals surface area contributed by atoms with Gasteiger partial charge >= 0.3 is 0 Å². The summed E-state index contributed by atoms with van der Waals surface area (Å²) in [6.07, 6.45) is 0.568. The molecule has 2 rings (SSSR count). The van der Waals surface area contributed by atoms with Crippen molar-refractivity contribution in [3.8, 4) is 0 Å². The fourth-order valence-electron chi connectivity index (χ4n) is 2.00. The van der Waals surface area contributed by atoms with Crippen LogP contribution in [0.2, 0.25) is 0 Å². The molecule has 1 aromatic rings. The van der Waals surface area contributed by atoms with E-state index in [0.29, 0.717) is 17.8 Å². The predicted octanol–water partition coefficient (Wildman–Crippen LogP) is -0.0333. The number of nitrogens with one attached hydrogen (secondary N) is 1. The molecule has 0 saturated carbocycles. The van der Waals surface area contributed by atoms with E-state index < -0.39 is 15.7 Å². The zero-order chi connectivity index (χ0) is 13.3. The second kappa shape index (κ2) is 4.49. The van der Waals surface area contributed by atoms with E-state index in [1.807, 2.05) is 0 Å². The third-order valence-corrected chi connectivity index (χ3v) is 4.69. The first-order valence-electron chi connectivity index (χ1n) is 5.54. The number of benzene rings is 1. The molecule has 98 valence electrons. The first-order valence-corrected chi connectivity index (χ1v) is 7.36. The zero-order valence-electron chi connectivity index (χ0n) is 9.72. The Bertz CT molecular complexity index is 583. The van der Waals surface area contributed by atoms with Gasteiger partial charge in [-0.3, -0.25) is 4.79 Å². The van der Waals surface area contributed by atoms with Crippen LogP contribution in [0.15, 0.2) is 18.2 Å². The number of nitrogen functional groups attached to an aromatic ring is 1. The Balaban J connectivity index is 2.16. The minimum atomic E-state index is -2.93. The molecule has 7 heteroatoms. The van der Waals surface area contributed by atoms with Crippen molar-refractivity contribution in [2.24, 2.45) is 5.73 Å². The first kappa shape index (κ1) is 12.7. The first-order chi connectivity index (χ1) is 8.37. The second-order valence-corrected chi connectivity index (χ2v) is 6.64. The number of sulfone groups is 1. The lowest BCUT2D eigenvalue weighted by molar-refractivity contribution is 0.100. The highest BCUT2D eigenvalue weighted by atomic mass is 32.2. The number of primary amides is 1. The summed E-state index contributed by atoms with van der Waals surface area (Å²) in [5.41, 5.74) is 12.0. The number of rotatable bonds is 3. The maximum absolute atomic E-state index is 11.3. The molecule has 1 saturated heterocycles. The summed E-state index contributed by atoms with van der Waals surface area (Å²) in [7, 11) is -2.93. The SMILES string of the molecule is NC(=O)c1cc(NC2CCS(=O)(=O)C2)ccc1N. The van der Waals surface area contributed by atoms with Gasteiger partial charge in [-0.05, 0) is 24.6 Å². The molecule has 1 unspecified atom stereocenters. The van der Waals surface area contributed by atoms with Crippen molar-refractivity contribution < 1.29 is 13.2 Å². The van der Waals surface area contributed by atoms with Crippen molar-refractivity contribution in [2.45, 2.75) is 12.5 Å². The van der Waals surface area contributed by atoms with Crippen molar-refractivity contribution in [1.82, 2.24) is 0 Å². The third-order valence-electron chi connectivity index (χ3n) is 2.92. The van der Waals surface area contributed by atoms with Crippen LogP contribution in [0.4, 0.5) is 11.4 Å². The highest BCUT2D eigenvalue weighted by Crippen LogP contribution is 2.21. The standard InChI is InChI=1S/C11H15N3O3S/c12-10-2-1-7(5-9(10)11(13)15)14-8-3-4-18(16,17)6-8/h1-2,5,8,14H,3-4,6,12H2,(H2,13,15). The number of carbonyl (C=O) groups excluding carboxylic acids is 1. The molecule has 1 atom stereocenters. The Morgan fingerprint density at radius 1 is 1.39 bits per heavy atom. The molecule has 0 aromatic heterocycles. The number of anilines is 2. The van der Waals surface area contributed by atoms with E-state index in [2.05, 4.69) is 5.32 Å². The van der Waals surface area contributed by atoms with Crippen molar-refractivity contribution in [2.75, 3.05) is 22.6 Å². The van der Waals surface area contributed by atoms with E-state index in [4.69, 9.17) is 11.5 Å². The lowest BCUT2D eigenvalue weighted by atomic mass is 10.1. The van der Waals surface area contributed by atoms with Gasteiger partial charge in [-0.25, -0.2) is 8.42 Å². The molecular weight excluding hydrogens is 254 g/mol. The molecule has 6 nitrogen and oxygen atoms in total. The van der Waals surface area contributed by atoms with Gasteiger partial charge < -0.3 is 16.8 Å². The largest absolute Gasteiger partial charge is 0.398 e. The molecule has 1 aromatic carbocycles. The normalized spacial score (nSPS) is 21.7. The number of hydrogen-bond donors (Lipinski definition) is 3. The summed E-state index contributed by atoms with van der Waals surface area (Å²) in [6.45, 7) is 0. The Morgan fingerprint density at radius 2 is 2.11 bits per heavy atom. The van der Waals surface area contributed by atoms with Gasteiger partial charge in [0.1, 0.15) is 0 Å². The Morgan fingerprint density at radius 3 is 2.67 bits per heavy atom. The monoisotopic (exact) mass is 269 g/mol. The lowest BCUT2D eigenvalue weighted by Crippen LogP contribution is -2.21. The fraction of sp³-hybridized carbons (Fsp3) is 0.364. The summed E-state index contributed by atoms with van der Waals surface area (Å²) in [4.78, 5) is 11.1. The van der Waals surface area contributed by atoms with E-state index in [-0.39, 0.29) is 23.1 Å². The minimum Gasteiger partial charge on any atom is -0.398 e. The van der Waals surface area contributed by atoms with Crippen LogP contribution in [-0.2, 0) is 9.84 Å². The molecule has 0 aliphatic carbocycles. The Hall–Kier alpha value is -1.76. The van der Waals surface area contributed by atoms with E-state index >= 15 is 0 Å². The molecule has 5 N–H and O–H groups in total. The second-order valence-electron chi connectivity index (χ2n) is 4.41. The highest BCUT2D eigenvalue weighted by molar-refractivity contribution is 7.91. The van der Waals surface area contributed by atoms with E-state index in [9.17, 15) is 13.2 Å². The van der Waals surface area contributed by atoms with Crippen LogP contribution >= 0.6 is 0 Å². The van der Waals surface area contributed by atoms with Gasteiger partial charge in [0, 0.05) is 17.4 Å². The summed E-state index contributed by atoms with van der Waals surface area (Å²) < 4.78 is 22.7. The third kappa shape index (κ3) is 2.73. The Labute approximate surface area is 105 Å². The molecule has 0 bridgehead atoms. The molecule has 1 fully saturated rings. The number of nitrogens with two attached hydrogens (primary N) is 2. The van der Waals surface area contributed by atoms with E-state index in [0.717, 1.165) is 0 Å². The van der Waals surface area contributed by atoms with Crippen molar-refractivity contribution >= 4 is 27.1 Å². The summed E-state index contributed by atoms with van der Waals surface area (Å²) in [5.74, 6) is -0.291. The zero-order valence-corrected chi connectivity index (χ0v) is 10.5.